The van der Waals surface area contributed by atoms with Crippen LogP contribution in [0.2, 0.25) is 0 Å². The number of aliphatic carboxylic acids is 1. The van der Waals surface area contributed by atoms with Crippen molar-refractivity contribution in [3.05, 3.63) is 29.8 Å². The molecular weight excluding hydrogens is 190 g/mol. The average molecular weight is 207 g/mol. The van der Waals surface area contributed by atoms with Crippen molar-refractivity contribution in [2.75, 3.05) is 5.32 Å². The Morgan fingerprint density at radius 3 is 2.60 bits per heavy atom. The summed E-state index contributed by atoms with van der Waals surface area (Å²) < 4.78 is 0. The molecule has 0 fully saturated rings. The largest absolute Gasteiger partial charge is 0.481 e. The van der Waals surface area contributed by atoms with Crippen molar-refractivity contribution in [3.8, 4) is 0 Å². The zero-order chi connectivity index (χ0) is 11.5. The summed E-state index contributed by atoms with van der Waals surface area (Å²) in [4.78, 5) is 10.5. The number of hydrogen-bond donors (Lipinski definition) is 2. The highest BCUT2D eigenvalue weighted by Gasteiger charge is 2.09. The third-order valence-corrected chi connectivity index (χ3v) is 1.80. The molecule has 0 bridgehead atoms. The van der Waals surface area contributed by atoms with Gasteiger partial charge in [-0.05, 0) is 38.5 Å². The standard InChI is InChI=1S/C12H17NO2/c1-12(2,3)13-10-6-4-5-9(7-10)8-11(14)15/h4-7,13H,8H2,1-3H3,(H,14,15). The molecule has 3 nitrogen and oxygen atoms in total. The van der Waals surface area contributed by atoms with Crippen molar-refractivity contribution in [2.45, 2.75) is 32.7 Å². The highest BCUT2D eigenvalue weighted by Crippen LogP contribution is 2.16. The van der Waals surface area contributed by atoms with Gasteiger partial charge in [0.05, 0.1) is 6.42 Å². The molecule has 0 aliphatic carbocycles. The Kier molecular flexibility index (Phi) is 3.35. The van der Waals surface area contributed by atoms with Crippen LogP contribution in [0.15, 0.2) is 24.3 Å². The first-order valence-corrected chi connectivity index (χ1v) is 4.96. The Bertz CT molecular complexity index is 353. The molecule has 1 aromatic carbocycles. The second-order valence-corrected chi connectivity index (χ2v) is 4.65. The summed E-state index contributed by atoms with van der Waals surface area (Å²) in [7, 11) is 0. The summed E-state index contributed by atoms with van der Waals surface area (Å²) in [5.74, 6) is -0.803. The van der Waals surface area contributed by atoms with Crippen LogP contribution in [0.5, 0.6) is 0 Å². The molecular formula is C12H17NO2. The van der Waals surface area contributed by atoms with Crippen molar-refractivity contribution in [3.63, 3.8) is 0 Å². The second kappa shape index (κ2) is 4.34. The van der Waals surface area contributed by atoms with E-state index in [2.05, 4.69) is 26.1 Å². The van der Waals surface area contributed by atoms with Gasteiger partial charge in [-0.3, -0.25) is 4.79 Å². The molecule has 0 unspecified atom stereocenters. The number of hydrogen-bond acceptors (Lipinski definition) is 2. The lowest BCUT2D eigenvalue weighted by molar-refractivity contribution is -0.136. The van der Waals surface area contributed by atoms with E-state index in [9.17, 15) is 4.79 Å². The van der Waals surface area contributed by atoms with Crippen LogP contribution in [-0.4, -0.2) is 16.6 Å². The smallest absolute Gasteiger partial charge is 0.307 e. The van der Waals surface area contributed by atoms with Gasteiger partial charge in [-0.1, -0.05) is 12.1 Å². The van der Waals surface area contributed by atoms with Crippen molar-refractivity contribution < 1.29 is 9.90 Å². The predicted molar refractivity (Wildman–Crippen MR) is 61.2 cm³/mol. The van der Waals surface area contributed by atoms with Crippen LogP contribution in [0.1, 0.15) is 26.3 Å². The highest BCUT2D eigenvalue weighted by atomic mass is 16.4. The average Bonchev–Trinajstić information content (AvgIpc) is 1.99. The summed E-state index contributed by atoms with van der Waals surface area (Å²) in [5.41, 5.74) is 1.76. The molecule has 0 saturated heterocycles. The van der Waals surface area contributed by atoms with Gasteiger partial charge in [0.2, 0.25) is 0 Å². The molecule has 0 spiro atoms. The Morgan fingerprint density at radius 2 is 2.07 bits per heavy atom. The molecule has 1 rings (SSSR count). The Hall–Kier alpha value is -1.51. The van der Waals surface area contributed by atoms with Crippen LogP contribution in [-0.2, 0) is 11.2 Å². The van der Waals surface area contributed by atoms with E-state index in [0.29, 0.717) is 0 Å². The SMILES string of the molecule is CC(C)(C)Nc1cccc(CC(=O)O)c1. The molecule has 0 atom stereocenters. The summed E-state index contributed by atoms with van der Waals surface area (Å²) in [6, 6.07) is 7.50. The minimum Gasteiger partial charge on any atom is -0.481 e. The molecule has 0 aliphatic heterocycles. The van der Waals surface area contributed by atoms with E-state index >= 15 is 0 Å². The van der Waals surface area contributed by atoms with E-state index in [1.165, 1.54) is 0 Å². The number of benzene rings is 1. The number of nitrogens with one attached hydrogen (secondary N) is 1. The zero-order valence-corrected chi connectivity index (χ0v) is 9.37. The fourth-order valence-electron chi connectivity index (χ4n) is 1.37. The molecule has 0 saturated carbocycles. The number of carboxylic acids is 1. The van der Waals surface area contributed by atoms with Gasteiger partial charge in [0.1, 0.15) is 0 Å². The predicted octanol–water partition coefficient (Wildman–Crippen LogP) is 2.52. The van der Waals surface area contributed by atoms with Crippen molar-refractivity contribution in [2.24, 2.45) is 0 Å². The summed E-state index contributed by atoms with van der Waals surface area (Å²) in [6.07, 6.45) is 0.0691. The van der Waals surface area contributed by atoms with Crippen LogP contribution >= 0.6 is 0 Å². The van der Waals surface area contributed by atoms with Gasteiger partial charge in [-0.15, -0.1) is 0 Å². The van der Waals surface area contributed by atoms with Gasteiger partial charge in [0.25, 0.3) is 0 Å². The zero-order valence-electron chi connectivity index (χ0n) is 9.37. The lowest BCUT2D eigenvalue weighted by Crippen LogP contribution is -2.26. The molecule has 0 amide bonds. The normalized spacial score (nSPS) is 11.1. The lowest BCUT2D eigenvalue weighted by Gasteiger charge is -2.22. The fraction of sp³-hybridized carbons (Fsp3) is 0.417. The molecule has 82 valence electrons. The Labute approximate surface area is 90.1 Å². The maximum Gasteiger partial charge on any atom is 0.307 e. The first-order valence-electron chi connectivity index (χ1n) is 4.96. The Morgan fingerprint density at radius 1 is 1.40 bits per heavy atom. The van der Waals surface area contributed by atoms with E-state index in [1.54, 1.807) is 0 Å². The fourth-order valence-corrected chi connectivity index (χ4v) is 1.37. The summed E-state index contributed by atoms with van der Waals surface area (Å²) in [6.45, 7) is 6.20. The molecule has 0 radical (unpaired) electrons. The maximum absolute atomic E-state index is 10.5. The van der Waals surface area contributed by atoms with Crippen LogP contribution in [0.25, 0.3) is 0 Å². The molecule has 2 N–H and O–H groups in total. The monoisotopic (exact) mass is 207 g/mol. The number of rotatable bonds is 3. The van der Waals surface area contributed by atoms with Crippen molar-refractivity contribution in [1.82, 2.24) is 0 Å². The second-order valence-electron chi connectivity index (χ2n) is 4.65. The number of carbonyl (C=O) groups is 1. The van der Waals surface area contributed by atoms with Crippen LogP contribution in [0.4, 0.5) is 5.69 Å². The van der Waals surface area contributed by atoms with Crippen molar-refractivity contribution >= 4 is 11.7 Å². The summed E-state index contributed by atoms with van der Waals surface area (Å²) in [5, 5.41) is 12.0. The summed E-state index contributed by atoms with van der Waals surface area (Å²) >= 11 is 0. The minimum atomic E-state index is -0.803. The quantitative estimate of drug-likeness (QED) is 0.800. The molecule has 0 aromatic heterocycles. The van der Waals surface area contributed by atoms with E-state index in [4.69, 9.17) is 5.11 Å². The molecule has 0 aliphatic rings. The molecule has 3 heteroatoms. The topological polar surface area (TPSA) is 49.3 Å². The first kappa shape index (κ1) is 11.6. The highest BCUT2D eigenvalue weighted by molar-refractivity contribution is 5.70. The van der Waals surface area contributed by atoms with E-state index in [1.807, 2.05) is 24.3 Å². The Balaban J connectivity index is 2.79. The van der Waals surface area contributed by atoms with Gasteiger partial charge >= 0.3 is 5.97 Å². The number of carboxylic acid groups (broad SMARTS) is 1. The van der Waals surface area contributed by atoms with E-state index in [-0.39, 0.29) is 12.0 Å². The minimum absolute atomic E-state index is 0.0121. The van der Waals surface area contributed by atoms with Crippen LogP contribution < -0.4 is 5.32 Å². The van der Waals surface area contributed by atoms with Gasteiger partial charge in [0, 0.05) is 11.2 Å². The molecule has 1 aromatic rings. The van der Waals surface area contributed by atoms with E-state index in [0.717, 1.165) is 11.3 Å². The van der Waals surface area contributed by atoms with Gasteiger partial charge in [-0.25, -0.2) is 0 Å². The van der Waals surface area contributed by atoms with Gasteiger partial charge in [0.15, 0.2) is 0 Å². The van der Waals surface area contributed by atoms with Crippen LogP contribution in [0, 0.1) is 0 Å². The van der Waals surface area contributed by atoms with Crippen LogP contribution in [0.3, 0.4) is 0 Å². The van der Waals surface area contributed by atoms with Gasteiger partial charge < -0.3 is 10.4 Å². The lowest BCUT2D eigenvalue weighted by atomic mass is 10.1. The number of anilines is 1. The molecule has 15 heavy (non-hydrogen) atoms. The third kappa shape index (κ3) is 4.49. The maximum atomic E-state index is 10.5. The molecule has 0 heterocycles. The first-order chi connectivity index (χ1) is 6.87. The van der Waals surface area contributed by atoms with Gasteiger partial charge in [-0.2, -0.15) is 0 Å². The van der Waals surface area contributed by atoms with Crippen molar-refractivity contribution in [1.29, 1.82) is 0 Å². The van der Waals surface area contributed by atoms with E-state index < -0.39 is 5.97 Å². The third-order valence-electron chi connectivity index (χ3n) is 1.80.